The molecule has 0 radical (unpaired) electrons. The van der Waals surface area contributed by atoms with Crippen LogP contribution in [0.4, 0.5) is 0 Å². The lowest BCUT2D eigenvalue weighted by Gasteiger charge is -2.12. The van der Waals surface area contributed by atoms with Crippen molar-refractivity contribution in [3.63, 3.8) is 0 Å². The average molecular weight is 406 g/mol. The molecule has 0 aliphatic rings. The summed E-state index contributed by atoms with van der Waals surface area (Å²) in [6, 6.07) is 10.5. The Morgan fingerprint density at radius 3 is 2.10 bits per heavy atom. The van der Waals surface area contributed by atoms with Crippen LogP contribution in [0, 0.1) is 11.3 Å². The monoisotopic (exact) mass is 406 g/mol. The Morgan fingerprint density at radius 1 is 1.00 bits per heavy atom. The molecule has 6 nitrogen and oxygen atoms in total. The molecule has 0 spiro atoms. The second-order valence-electron chi connectivity index (χ2n) is 6.01. The second kappa shape index (κ2) is 12.0. The number of allylic oxidation sites excluding steroid dienone is 4. The summed E-state index contributed by atoms with van der Waals surface area (Å²) < 4.78 is 10.5. The number of aromatic nitrogens is 1. The van der Waals surface area contributed by atoms with Gasteiger partial charge in [-0.05, 0) is 60.9 Å². The number of carbonyl (C=O) groups is 2. The largest absolute Gasteiger partial charge is 0.497 e. The van der Waals surface area contributed by atoms with Crippen molar-refractivity contribution in [1.29, 1.82) is 5.26 Å². The lowest BCUT2D eigenvalue weighted by atomic mass is 9.94. The van der Waals surface area contributed by atoms with Gasteiger partial charge in [-0.3, -0.25) is 14.6 Å². The Labute approximate surface area is 177 Å². The maximum atomic E-state index is 12.1. The maximum Gasteiger partial charge on any atom is 0.308 e. The molecule has 0 saturated carbocycles. The number of Topliss-reactive ketones (excluding diaryl/α,β-unsaturated/α-hetero) is 1. The fraction of sp³-hybridized carbons (Fsp3) is 0.250. The summed E-state index contributed by atoms with van der Waals surface area (Å²) in [5.74, 6) is -0.161. The van der Waals surface area contributed by atoms with Gasteiger partial charge < -0.3 is 9.47 Å². The highest BCUT2D eigenvalue weighted by molar-refractivity contribution is 6.08. The summed E-state index contributed by atoms with van der Waals surface area (Å²) >= 11 is 0. The van der Waals surface area contributed by atoms with Gasteiger partial charge in [0.15, 0.2) is 5.78 Å². The van der Waals surface area contributed by atoms with Crippen LogP contribution in [-0.4, -0.2) is 23.8 Å². The second-order valence-corrected chi connectivity index (χ2v) is 6.01. The van der Waals surface area contributed by atoms with Gasteiger partial charge in [0.25, 0.3) is 0 Å². The van der Waals surface area contributed by atoms with Crippen LogP contribution in [0.5, 0.6) is 11.5 Å². The predicted molar refractivity (Wildman–Crippen MR) is 117 cm³/mol. The molecule has 0 bridgehead atoms. The number of nitrogens with zero attached hydrogens (tertiary/aromatic N) is 2. The number of carbonyl (C=O) groups excluding carboxylic acids is 2. The number of ether oxygens (including phenoxy) is 2. The van der Waals surface area contributed by atoms with Crippen LogP contribution in [0.2, 0.25) is 0 Å². The fourth-order valence-electron chi connectivity index (χ4n) is 2.61. The normalized spacial score (nSPS) is 11.3. The summed E-state index contributed by atoms with van der Waals surface area (Å²) in [4.78, 5) is 27.4. The van der Waals surface area contributed by atoms with Gasteiger partial charge in [-0.25, -0.2) is 0 Å². The van der Waals surface area contributed by atoms with E-state index < -0.39 is 5.97 Å². The first kappa shape index (κ1) is 24.3. The van der Waals surface area contributed by atoms with Gasteiger partial charge in [-0.15, -0.1) is 0 Å². The first-order valence-corrected chi connectivity index (χ1v) is 9.47. The van der Waals surface area contributed by atoms with Crippen molar-refractivity contribution in [2.75, 3.05) is 7.11 Å². The molecule has 30 heavy (non-hydrogen) atoms. The number of hydrogen-bond acceptors (Lipinski definition) is 6. The van der Waals surface area contributed by atoms with Crippen LogP contribution in [0.3, 0.4) is 0 Å². The zero-order valence-electron chi connectivity index (χ0n) is 18.1. The van der Waals surface area contributed by atoms with Crippen LogP contribution in [-0.2, 0) is 9.59 Å². The SMILES string of the molecule is CC.COc1cc(OC(C)=O)cc(C(/C=C(\C)c2ccncc2)=C(\C#N)C(C)=O)c1. The predicted octanol–water partition coefficient (Wildman–Crippen LogP) is 5.01. The van der Waals surface area contributed by atoms with Crippen molar-refractivity contribution in [2.24, 2.45) is 0 Å². The Balaban J connectivity index is 0.00000218. The summed E-state index contributed by atoms with van der Waals surface area (Å²) in [6.45, 7) is 8.50. The molecule has 0 amide bonds. The molecule has 1 heterocycles. The zero-order chi connectivity index (χ0) is 22.7. The van der Waals surface area contributed by atoms with Gasteiger partial charge in [0.2, 0.25) is 0 Å². The highest BCUT2D eigenvalue weighted by Gasteiger charge is 2.15. The summed E-state index contributed by atoms with van der Waals surface area (Å²) in [7, 11) is 1.48. The molecule has 156 valence electrons. The van der Waals surface area contributed by atoms with E-state index in [4.69, 9.17) is 9.47 Å². The van der Waals surface area contributed by atoms with Crippen molar-refractivity contribution in [2.45, 2.75) is 34.6 Å². The molecule has 0 saturated heterocycles. The Kier molecular flexibility index (Phi) is 9.71. The molecule has 1 aromatic heterocycles. The minimum Gasteiger partial charge on any atom is -0.497 e. The molecule has 0 atom stereocenters. The van der Waals surface area contributed by atoms with Crippen molar-refractivity contribution < 1.29 is 19.1 Å². The molecule has 1 aromatic carbocycles. The van der Waals surface area contributed by atoms with Crippen LogP contribution in [0.15, 0.2) is 54.4 Å². The van der Waals surface area contributed by atoms with Crippen molar-refractivity contribution in [3.05, 3.63) is 65.5 Å². The zero-order valence-corrected chi connectivity index (χ0v) is 18.1. The minimum atomic E-state index is -0.486. The molecular formula is C24H26N2O4. The molecule has 2 rings (SSSR count). The van der Waals surface area contributed by atoms with Crippen LogP contribution in [0.25, 0.3) is 11.1 Å². The van der Waals surface area contributed by atoms with E-state index in [9.17, 15) is 14.9 Å². The van der Waals surface area contributed by atoms with E-state index in [1.54, 1.807) is 36.7 Å². The molecule has 0 N–H and O–H groups in total. The van der Waals surface area contributed by atoms with Crippen LogP contribution in [0.1, 0.15) is 45.7 Å². The van der Waals surface area contributed by atoms with E-state index >= 15 is 0 Å². The Bertz CT molecular complexity index is 1000. The van der Waals surface area contributed by atoms with E-state index in [2.05, 4.69) is 4.98 Å². The van der Waals surface area contributed by atoms with Crippen molar-refractivity contribution >= 4 is 22.9 Å². The van der Waals surface area contributed by atoms with E-state index in [-0.39, 0.29) is 17.1 Å². The first-order valence-electron chi connectivity index (χ1n) is 9.47. The highest BCUT2D eigenvalue weighted by atomic mass is 16.5. The van der Waals surface area contributed by atoms with Crippen LogP contribution >= 0.6 is 0 Å². The number of methoxy groups -OCH3 is 1. The van der Waals surface area contributed by atoms with Gasteiger partial charge in [0.1, 0.15) is 23.1 Å². The quantitative estimate of drug-likeness (QED) is 0.220. The minimum absolute atomic E-state index is 0.00423. The summed E-state index contributed by atoms with van der Waals surface area (Å²) in [5, 5.41) is 9.57. The number of benzene rings is 1. The van der Waals surface area contributed by atoms with Gasteiger partial charge in [0, 0.05) is 31.0 Å². The average Bonchev–Trinajstić information content (AvgIpc) is 2.74. The maximum absolute atomic E-state index is 12.1. The third kappa shape index (κ3) is 6.71. The molecule has 0 aliphatic heterocycles. The van der Waals surface area contributed by atoms with E-state index in [0.717, 1.165) is 11.1 Å². The number of nitriles is 1. The molecule has 0 aliphatic carbocycles. The first-order chi connectivity index (χ1) is 14.3. The third-order valence-electron chi connectivity index (χ3n) is 3.92. The fourth-order valence-corrected chi connectivity index (χ4v) is 2.61. The lowest BCUT2D eigenvalue weighted by molar-refractivity contribution is -0.131. The lowest BCUT2D eigenvalue weighted by Crippen LogP contribution is -2.03. The topological polar surface area (TPSA) is 89.3 Å². The summed E-state index contributed by atoms with van der Waals surface area (Å²) in [6.07, 6.45) is 5.08. The van der Waals surface area contributed by atoms with Gasteiger partial charge >= 0.3 is 5.97 Å². The Morgan fingerprint density at radius 2 is 1.60 bits per heavy atom. The molecular weight excluding hydrogens is 380 g/mol. The standard InChI is InChI=1S/C22H20N2O4.C2H6/c1-14(17-5-7-24-8-6-17)9-21(22(13-23)15(2)25)18-10-19(27-4)12-20(11-18)28-16(3)26;1-2/h5-12H,1-4H3;1-2H3/b14-9+,22-21+;. The summed E-state index contributed by atoms with van der Waals surface area (Å²) in [5.41, 5.74) is 2.67. The van der Waals surface area contributed by atoms with Gasteiger partial charge in [-0.1, -0.05) is 13.8 Å². The number of rotatable bonds is 6. The number of ketones is 1. The van der Waals surface area contributed by atoms with E-state index in [1.165, 1.54) is 21.0 Å². The molecule has 0 fully saturated rings. The van der Waals surface area contributed by atoms with Crippen molar-refractivity contribution in [3.8, 4) is 17.6 Å². The van der Waals surface area contributed by atoms with E-state index in [0.29, 0.717) is 16.9 Å². The number of esters is 1. The molecule has 6 heteroatoms. The van der Waals surface area contributed by atoms with Gasteiger partial charge in [0.05, 0.1) is 7.11 Å². The highest BCUT2D eigenvalue weighted by Crippen LogP contribution is 2.32. The Hall–Kier alpha value is -3.72. The van der Waals surface area contributed by atoms with Gasteiger partial charge in [-0.2, -0.15) is 5.26 Å². The smallest absolute Gasteiger partial charge is 0.308 e. The number of hydrogen-bond donors (Lipinski definition) is 0. The van der Waals surface area contributed by atoms with E-state index in [1.807, 2.05) is 39.0 Å². The molecule has 0 unspecified atom stereocenters. The van der Waals surface area contributed by atoms with Crippen LogP contribution < -0.4 is 9.47 Å². The number of pyridine rings is 1. The molecule has 2 aromatic rings. The van der Waals surface area contributed by atoms with Crippen molar-refractivity contribution in [1.82, 2.24) is 4.98 Å². The third-order valence-corrected chi connectivity index (χ3v) is 3.92.